The average molecular weight is 220 g/mol. The van der Waals surface area contributed by atoms with Gasteiger partial charge in [0.1, 0.15) is 0 Å². The van der Waals surface area contributed by atoms with Crippen molar-refractivity contribution in [2.24, 2.45) is 17.3 Å². The highest BCUT2D eigenvalue weighted by Crippen LogP contribution is 2.60. The predicted molar refractivity (Wildman–Crippen MR) is 66.3 cm³/mol. The summed E-state index contributed by atoms with van der Waals surface area (Å²) in [5.74, 6) is 1.60. The number of allylic oxidation sites excluding steroid dienone is 1. The fourth-order valence-electron chi connectivity index (χ4n) is 4.06. The van der Waals surface area contributed by atoms with Gasteiger partial charge in [0.2, 0.25) is 0 Å². The van der Waals surface area contributed by atoms with Crippen molar-refractivity contribution in [2.75, 3.05) is 0 Å². The van der Waals surface area contributed by atoms with Gasteiger partial charge in [-0.2, -0.15) is 0 Å². The van der Waals surface area contributed by atoms with Gasteiger partial charge in [0.25, 0.3) is 0 Å². The van der Waals surface area contributed by atoms with Gasteiger partial charge in [-0.05, 0) is 56.3 Å². The van der Waals surface area contributed by atoms with Crippen LogP contribution in [0.15, 0.2) is 12.2 Å². The monoisotopic (exact) mass is 220 g/mol. The van der Waals surface area contributed by atoms with Gasteiger partial charge in [-0.25, -0.2) is 0 Å². The Labute approximate surface area is 99.3 Å². The third kappa shape index (κ3) is 1.48. The van der Waals surface area contributed by atoms with E-state index in [-0.39, 0.29) is 5.60 Å². The lowest BCUT2D eigenvalue weighted by atomic mass is 9.51. The molecule has 0 aromatic rings. The van der Waals surface area contributed by atoms with Crippen molar-refractivity contribution >= 4 is 0 Å². The Balaban J connectivity index is 1.82. The summed E-state index contributed by atoms with van der Waals surface area (Å²) in [7, 11) is 0. The van der Waals surface area contributed by atoms with Gasteiger partial charge in [-0.3, -0.25) is 0 Å². The molecule has 1 heteroatoms. The minimum absolute atomic E-state index is 0.214. The number of ether oxygens (including phenoxy) is 1. The van der Waals surface area contributed by atoms with Gasteiger partial charge >= 0.3 is 0 Å². The topological polar surface area (TPSA) is 12.5 Å². The average Bonchev–Trinajstić information content (AvgIpc) is 2.82. The molecule has 1 saturated heterocycles. The third-order valence-corrected chi connectivity index (χ3v) is 5.38. The van der Waals surface area contributed by atoms with Crippen molar-refractivity contribution in [2.45, 2.75) is 64.6 Å². The number of fused-ring (bicyclic) bond motifs is 2. The van der Waals surface area contributed by atoms with Crippen LogP contribution in [0.5, 0.6) is 0 Å². The van der Waals surface area contributed by atoms with E-state index in [1.807, 2.05) is 0 Å². The summed E-state index contributed by atoms with van der Waals surface area (Å²) < 4.78 is 5.93. The van der Waals surface area contributed by atoms with Crippen LogP contribution in [0.3, 0.4) is 0 Å². The van der Waals surface area contributed by atoms with Crippen molar-refractivity contribution < 1.29 is 4.74 Å². The molecule has 2 aliphatic carbocycles. The molecule has 3 fully saturated rings. The van der Waals surface area contributed by atoms with Crippen LogP contribution >= 0.6 is 0 Å². The van der Waals surface area contributed by atoms with Crippen LogP contribution in [0.1, 0.15) is 52.9 Å². The Kier molecular flexibility index (Phi) is 2.12. The Morgan fingerprint density at radius 3 is 2.69 bits per heavy atom. The van der Waals surface area contributed by atoms with Crippen molar-refractivity contribution in [1.82, 2.24) is 0 Å². The summed E-state index contributed by atoms with van der Waals surface area (Å²) in [6.07, 6.45) is 6.91. The van der Waals surface area contributed by atoms with E-state index in [0.29, 0.717) is 11.5 Å². The van der Waals surface area contributed by atoms with Crippen LogP contribution in [-0.2, 0) is 4.74 Å². The Morgan fingerprint density at radius 1 is 1.25 bits per heavy atom. The van der Waals surface area contributed by atoms with Crippen molar-refractivity contribution in [1.29, 1.82) is 0 Å². The quantitative estimate of drug-likeness (QED) is 0.445. The molecule has 0 N–H and O–H groups in total. The Bertz CT molecular complexity index is 330. The maximum absolute atomic E-state index is 5.93. The van der Waals surface area contributed by atoms with Gasteiger partial charge in [0.15, 0.2) is 0 Å². The number of hydrogen-bond donors (Lipinski definition) is 0. The van der Waals surface area contributed by atoms with Crippen molar-refractivity contribution in [3.05, 3.63) is 12.2 Å². The fraction of sp³-hybridized carbons (Fsp3) is 0.867. The molecule has 0 unspecified atom stereocenters. The molecular formula is C15H24O. The summed E-state index contributed by atoms with van der Waals surface area (Å²) in [6, 6.07) is 0. The molecular weight excluding hydrogens is 196 g/mol. The van der Waals surface area contributed by atoms with Crippen LogP contribution in [0.4, 0.5) is 0 Å². The van der Waals surface area contributed by atoms with Crippen LogP contribution < -0.4 is 0 Å². The van der Waals surface area contributed by atoms with E-state index in [9.17, 15) is 0 Å². The zero-order chi connectivity index (χ0) is 11.6. The van der Waals surface area contributed by atoms with Crippen molar-refractivity contribution in [3.63, 3.8) is 0 Å². The molecule has 16 heavy (non-hydrogen) atoms. The summed E-state index contributed by atoms with van der Waals surface area (Å²) in [6.45, 7) is 11.5. The standard InChI is InChI=1S/C15H24O/c1-10-6-5-7-13-15(4,16-13)9-12-11(10)8-14(12,2)3/h11-13H,1,5-9H2,2-4H3/t11-,12-,13-,15-/m1/s1. The molecule has 2 saturated carbocycles. The molecule has 0 spiro atoms. The van der Waals surface area contributed by atoms with Crippen molar-refractivity contribution in [3.8, 4) is 0 Å². The lowest BCUT2D eigenvalue weighted by Crippen LogP contribution is -2.46. The molecule has 1 aliphatic heterocycles. The normalized spacial score (nSPS) is 50.2. The first kappa shape index (κ1) is 10.8. The molecule has 90 valence electrons. The first-order valence-electron chi connectivity index (χ1n) is 6.78. The lowest BCUT2D eigenvalue weighted by Gasteiger charge is -2.53. The maximum atomic E-state index is 5.93. The van der Waals surface area contributed by atoms with Gasteiger partial charge in [-0.15, -0.1) is 0 Å². The minimum atomic E-state index is 0.214. The SMILES string of the molecule is C=C1CCC[C@H]2O[C@]2(C)C[C@@H]2[C@@H]1CC2(C)C. The van der Waals surface area contributed by atoms with E-state index in [2.05, 4.69) is 27.4 Å². The second-order valence-electron chi connectivity index (χ2n) is 7.08. The van der Waals surface area contributed by atoms with Gasteiger partial charge in [0, 0.05) is 0 Å². The fourth-order valence-corrected chi connectivity index (χ4v) is 4.06. The van der Waals surface area contributed by atoms with Gasteiger partial charge in [-0.1, -0.05) is 26.0 Å². The number of hydrogen-bond acceptors (Lipinski definition) is 1. The second-order valence-corrected chi connectivity index (χ2v) is 7.08. The van der Waals surface area contributed by atoms with Crippen LogP contribution in [0, 0.1) is 17.3 Å². The number of epoxide rings is 1. The van der Waals surface area contributed by atoms with Crippen LogP contribution in [0.2, 0.25) is 0 Å². The Morgan fingerprint density at radius 2 is 2.00 bits per heavy atom. The second kappa shape index (κ2) is 3.13. The molecule has 3 aliphatic rings. The highest BCUT2D eigenvalue weighted by molar-refractivity contribution is 5.17. The molecule has 0 bridgehead atoms. The highest BCUT2D eigenvalue weighted by Gasteiger charge is 2.59. The molecule has 0 aromatic carbocycles. The van der Waals surface area contributed by atoms with Crippen LogP contribution in [0.25, 0.3) is 0 Å². The zero-order valence-electron chi connectivity index (χ0n) is 10.9. The third-order valence-electron chi connectivity index (χ3n) is 5.38. The summed E-state index contributed by atoms with van der Waals surface area (Å²) in [5.41, 5.74) is 2.25. The highest BCUT2D eigenvalue weighted by atomic mass is 16.6. The predicted octanol–water partition coefficient (Wildman–Crippen LogP) is 3.94. The first-order valence-corrected chi connectivity index (χ1v) is 6.78. The molecule has 1 heterocycles. The van der Waals surface area contributed by atoms with E-state index >= 15 is 0 Å². The largest absolute Gasteiger partial charge is 0.366 e. The molecule has 1 nitrogen and oxygen atoms in total. The van der Waals surface area contributed by atoms with E-state index in [1.54, 1.807) is 0 Å². The minimum Gasteiger partial charge on any atom is -0.366 e. The first-order chi connectivity index (χ1) is 7.42. The van der Waals surface area contributed by atoms with E-state index in [4.69, 9.17) is 4.74 Å². The van der Waals surface area contributed by atoms with E-state index in [1.165, 1.54) is 37.7 Å². The molecule has 0 aromatic heterocycles. The van der Waals surface area contributed by atoms with Gasteiger partial charge in [0.05, 0.1) is 11.7 Å². The van der Waals surface area contributed by atoms with Gasteiger partial charge < -0.3 is 4.74 Å². The van der Waals surface area contributed by atoms with E-state index in [0.717, 1.165) is 11.8 Å². The molecule has 0 radical (unpaired) electrons. The smallest absolute Gasteiger partial charge is 0.0923 e. The number of rotatable bonds is 0. The summed E-state index contributed by atoms with van der Waals surface area (Å²) in [5, 5.41) is 0. The molecule has 3 rings (SSSR count). The van der Waals surface area contributed by atoms with E-state index < -0.39 is 0 Å². The molecule has 4 atom stereocenters. The lowest BCUT2D eigenvalue weighted by molar-refractivity contribution is -0.0118. The summed E-state index contributed by atoms with van der Waals surface area (Å²) >= 11 is 0. The summed E-state index contributed by atoms with van der Waals surface area (Å²) in [4.78, 5) is 0. The maximum Gasteiger partial charge on any atom is 0.0923 e. The van der Waals surface area contributed by atoms with Crippen LogP contribution in [-0.4, -0.2) is 11.7 Å². The molecule has 0 amide bonds. The zero-order valence-corrected chi connectivity index (χ0v) is 10.9. The Hall–Kier alpha value is -0.300.